The summed E-state index contributed by atoms with van der Waals surface area (Å²) in [5.41, 5.74) is 2.75. The minimum absolute atomic E-state index is 0.665. The van der Waals surface area contributed by atoms with Crippen LogP contribution in [0.2, 0.25) is 0 Å². The van der Waals surface area contributed by atoms with Gasteiger partial charge in [0.15, 0.2) is 0 Å². The molecule has 62 valence electrons. The summed E-state index contributed by atoms with van der Waals surface area (Å²) in [6.45, 7) is 5.84. The fraction of sp³-hybridized carbons (Fsp3) is 0.700. The lowest BCUT2D eigenvalue weighted by atomic mass is 9.86. The third-order valence-electron chi connectivity index (χ3n) is 2.51. The first-order valence-electron chi connectivity index (χ1n) is 4.45. The largest absolute Gasteiger partial charge is 0.382 e. The summed E-state index contributed by atoms with van der Waals surface area (Å²) in [5, 5.41) is 3.32. The summed E-state index contributed by atoms with van der Waals surface area (Å²) < 4.78 is 0. The molecule has 0 amide bonds. The summed E-state index contributed by atoms with van der Waals surface area (Å²) in [5.74, 6) is 0.813. The topological polar surface area (TPSA) is 12.0 Å². The molecule has 0 radical (unpaired) electrons. The van der Waals surface area contributed by atoms with Crippen LogP contribution in [0.3, 0.4) is 0 Å². The highest BCUT2D eigenvalue weighted by molar-refractivity contribution is 4.84. The summed E-state index contributed by atoms with van der Waals surface area (Å²) >= 11 is 0. The fourth-order valence-electron chi connectivity index (χ4n) is 1.73. The molecule has 11 heavy (non-hydrogen) atoms. The first-order chi connectivity index (χ1) is 5.34. The second kappa shape index (κ2) is 4.25. The molecule has 0 bridgehead atoms. The Hall–Kier alpha value is -0.680. The number of rotatable bonds is 2. The molecule has 0 unspecified atom stereocenters. The van der Waals surface area contributed by atoms with Gasteiger partial charge in [-0.2, -0.15) is 0 Å². The highest BCUT2D eigenvalue weighted by Crippen LogP contribution is 2.23. The van der Waals surface area contributed by atoms with E-state index in [9.17, 15) is 0 Å². The average Bonchev–Trinajstić information content (AvgIpc) is 2.03. The summed E-state index contributed by atoms with van der Waals surface area (Å²) in [7, 11) is 0. The normalized spacial score (nSPS) is 30.6. The van der Waals surface area contributed by atoms with Crippen molar-refractivity contribution in [3.63, 3.8) is 0 Å². The highest BCUT2D eigenvalue weighted by Gasteiger charge is 2.19. The molecule has 0 aliphatic heterocycles. The molecule has 1 aliphatic rings. The Morgan fingerprint density at radius 3 is 2.82 bits per heavy atom. The average molecular weight is 151 g/mol. The Balaban J connectivity index is 2.35. The van der Waals surface area contributed by atoms with E-state index in [1.165, 1.54) is 25.7 Å². The minimum Gasteiger partial charge on any atom is -0.382 e. The predicted octanol–water partition coefficient (Wildman–Crippen LogP) is 2.45. The summed E-state index contributed by atoms with van der Waals surface area (Å²) in [4.78, 5) is 0. The van der Waals surface area contributed by atoms with E-state index in [1.54, 1.807) is 0 Å². The van der Waals surface area contributed by atoms with Crippen molar-refractivity contribution in [2.45, 2.75) is 38.6 Å². The molecule has 0 aromatic carbocycles. The molecular formula is C10H17N. The van der Waals surface area contributed by atoms with Crippen LogP contribution in [0.1, 0.15) is 32.6 Å². The van der Waals surface area contributed by atoms with Crippen LogP contribution in [-0.2, 0) is 0 Å². The zero-order valence-electron chi connectivity index (χ0n) is 7.27. The van der Waals surface area contributed by atoms with E-state index in [2.05, 4.69) is 24.6 Å². The Kier molecular flexibility index (Phi) is 3.25. The van der Waals surface area contributed by atoms with Gasteiger partial charge >= 0.3 is 0 Å². The van der Waals surface area contributed by atoms with Crippen molar-refractivity contribution in [2.24, 2.45) is 5.92 Å². The van der Waals surface area contributed by atoms with Gasteiger partial charge in [-0.1, -0.05) is 26.3 Å². The van der Waals surface area contributed by atoms with Crippen LogP contribution in [0.25, 0.3) is 0 Å². The van der Waals surface area contributed by atoms with Gasteiger partial charge in [0.25, 0.3) is 0 Å². The maximum atomic E-state index is 3.53. The Morgan fingerprint density at radius 2 is 2.18 bits per heavy atom. The van der Waals surface area contributed by atoms with Crippen LogP contribution < -0.4 is 5.32 Å². The van der Waals surface area contributed by atoms with Crippen molar-refractivity contribution in [1.29, 1.82) is 0 Å². The van der Waals surface area contributed by atoms with Crippen molar-refractivity contribution in [2.75, 3.05) is 0 Å². The number of hydrogen-bond donors (Lipinski definition) is 1. The van der Waals surface area contributed by atoms with Gasteiger partial charge in [0.2, 0.25) is 0 Å². The molecule has 1 saturated carbocycles. The molecule has 0 heterocycles. The first-order valence-corrected chi connectivity index (χ1v) is 4.45. The first kappa shape index (κ1) is 8.42. The van der Waals surface area contributed by atoms with Gasteiger partial charge < -0.3 is 5.32 Å². The van der Waals surface area contributed by atoms with E-state index in [0.717, 1.165) is 5.92 Å². The van der Waals surface area contributed by atoms with Gasteiger partial charge in [0, 0.05) is 12.2 Å². The maximum Gasteiger partial charge on any atom is 0.0393 e. The van der Waals surface area contributed by atoms with Crippen molar-refractivity contribution < 1.29 is 0 Å². The molecule has 1 rings (SSSR count). The van der Waals surface area contributed by atoms with Crippen molar-refractivity contribution in [3.8, 4) is 0 Å². The summed E-state index contributed by atoms with van der Waals surface area (Å²) in [6, 6.07) is 0.665. The van der Waals surface area contributed by atoms with Crippen LogP contribution in [0.4, 0.5) is 0 Å². The summed E-state index contributed by atoms with van der Waals surface area (Å²) in [6.07, 6.45) is 7.28. The molecule has 1 heteroatoms. The molecule has 0 aromatic heterocycles. The van der Waals surface area contributed by atoms with Crippen LogP contribution in [0.15, 0.2) is 18.5 Å². The molecule has 2 atom stereocenters. The molecule has 0 spiro atoms. The lowest BCUT2D eigenvalue weighted by Gasteiger charge is -2.28. The second-order valence-electron chi connectivity index (χ2n) is 3.38. The predicted molar refractivity (Wildman–Crippen MR) is 48.3 cm³/mol. The van der Waals surface area contributed by atoms with Gasteiger partial charge in [-0.05, 0) is 18.8 Å². The smallest absolute Gasteiger partial charge is 0.0393 e. The van der Waals surface area contributed by atoms with E-state index >= 15 is 0 Å². The molecule has 1 N–H and O–H groups in total. The third kappa shape index (κ3) is 2.44. The van der Waals surface area contributed by atoms with Crippen LogP contribution in [-0.4, -0.2) is 6.04 Å². The molecule has 1 nitrogen and oxygen atoms in total. The molecular weight excluding hydrogens is 134 g/mol. The quantitative estimate of drug-likeness (QED) is 0.598. The van der Waals surface area contributed by atoms with Gasteiger partial charge in [-0.15, -0.1) is 5.73 Å². The zero-order valence-corrected chi connectivity index (χ0v) is 7.27. The SMILES string of the molecule is C=C=CN[C@@H]1CCCC[C@H]1C. The monoisotopic (exact) mass is 151 g/mol. The lowest BCUT2D eigenvalue weighted by molar-refractivity contribution is 0.302. The van der Waals surface area contributed by atoms with E-state index < -0.39 is 0 Å². The zero-order chi connectivity index (χ0) is 8.10. The molecule has 1 fully saturated rings. The van der Waals surface area contributed by atoms with Crippen molar-refractivity contribution >= 4 is 0 Å². The Labute approximate surface area is 69.2 Å². The Morgan fingerprint density at radius 1 is 1.45 bits per heavy atom. The van der Waals surface area contributed by atoms with E-state index in [1.807, 2.05) is 6.20 Å². The standard InChI is InChI=1S/C10H17N/c1-3-8-11-10-7-5-4-6-9(10)2/h8-11H,1,4-7H2,2H3/t9-,10-/m1/s1. The Bertz CT molecular complexity index is 156. The van der Waals surface area contributed by atoms with Crippen LogP contribution in [0.5, 0.6) is 0 Å². The number of hydrogen-bond acceptors (Lipinski definition) is 1. The lowest BCUT2D eigenvalue weighted by Crippen LogP contribution is -2.33. The van der Waals surface area contributed by atoms with Gasteiger partial charge in [-0.25, -0.2) is 0 Å². The second-order valence-corrected chi connectivity index (χ2v) is 3.38. The molecule has 0 aromatic rings. The van der Waals surface area contributed by atoms with Gasteiger partial charge in [0.05, 0.1) is 0 Å². The van der Waals surface area contributed by atoms with Gasteiger partial charge in [0.1, 0.15) is 0 Å². The highest BCUT2D eigenvalue weighted by atomic mass is 14.9. The molecule has 0 saturated heterocycles. The van der Waals surface area contributed by atoms with E-state index in [-0.39, 0.29) is 0 Å². The molecule has 1 aliphatic carbocycles. The van der Waals surface area contributed by atoms with Gasteiger partial charge in [-0.3, -0.25) is 0 Å². The number of nitrogens with one attached hydrogen (secondary N) is 1. The minimum atomic E-state index is 0.665. The van der Waals surface area contributed by atoms with Crippen LogP contribution in [0, 0.1) is 5.92 Å². The van der Waals surface area contributed by atoms with E-state index in [4.69, 9.17) is 0 Å². The fourth-order valence-corrected chi connectivity index (χ4v) is 1.73. The van der Waals surface area contributed by atoms with Crippen LogP contribution >= 0.6 is 0 Å². The maximum absolute atomic E-state index is 3.53. The van der Waals surface area contributed by atoms with Crippen molar-refractivity contribution in [3.05, 3.63) is 18.5 Å². The third-order valence-corrected chi connectivity index (χ3v) is 2.51. The van der Waals surface area contributed by atoms with Crippen molar-refractivity contribution in [1.82, 2.24) is 5.32 Å². The van der Waals surface area contributed by atoms with E-state index in [0.29, 0.717) is 6.04 Å².